The first-order chi connectivity index (χ1) is 15.8. The van der Waals surface area contributed by atoms with E-state index in [2.05, 4.69) is 98.8 Å². The molecular formula is C33H45FeP. The topological polar surface area (TPSA) is 0 Å². The molecule has 0 radical (unpaired) electrons. The first-order valence-electron chi connectivity index (χ1n) is 12.7. The van der Waals surface area contributed by atoms with E-state index in [4.69, 9.17) is 0 Å². The Morgan fingerprint density at radius 3 is 1.54 bits per heavy atom. The van der Waals surface area contributed by atoms with Gasteiger partial charge in [-0.3, -0.25) is 0 Å². The Morgan fingerprint density at radius 2 is 1.09 bits per heavy atom. The van der Waals surface area contributed by atoms with E-state index in [-0.39, 0.29) is 31.9 Å². The Hall–Kier alpha value is -1.39. The van der Waals surface area contributed by atoms with Gasteiger partial charge in [0, 0.05) is 0 Å². The van der Waals surface area contributed by atoms with Crippen molar-refractivity contribution in [2.75, 3.05) is 0 Å². The van der Waals surface area contributed by atoms with Crippen LogP contribution in [0.3, 0.4) is 0 Å². The van der Waals surface area contributed by atoms with Crippen LogP contribution in [-0.4, -0.2) is 0 Å². The average Bonchev–Trinajstić information content (AvgIpc) is 3.56. The zero-order valence-corrected chi connectivity index (χ0v) is 24.3. The Labute approximate surface area is 228 Å². The van der Waals surface area contributed by atoms with Gasteiger partial charge in [-0.25, -0.2) is 0 Å². The predicted octanol–water partition coefficient (Wildman–Crippen LogP) is 8.83. The molecule has 190 valence electrons. The van der Waals surface area contributed by atoms with Crippen molar-refractivity contribution >= 4 is 23.8 Å². The molecule has 3 atom stereocenters. The molecule has 5 rings (SSSR count). The molecule has 2 fully saturated rings. The van der Waals surface area contributed by atoms with Gasteiger partial charge in [-0.15, -0.1) is 0 Å². The number of hydrogen-bond acceptors (Lipinski definition) is 0. The van der Waals surface area contributed by atoms with Crippen LogP contribution in [0.5, 0.6) is 0 Å². The van der Waals surface area contributed by atoms with Crippen molar-refractivity contribution in [3.63, 3.8) is 0 Å². The fourth-order valence-corrected chi connectivity index (χ4v) is 8.26. The summed E-state index contributed by atoms with van der Waals surface area (Å²) in [7, 11) is -0.528. The first kappa shape index (κ1) is 31.6. The van der Waals surface area contributed by atoms with E-state index in [1.807, 2.05) is 0 Å². The summed E-state index contributed by atoms with van der Waals surface area (Å²) >= 11 is 0. The smallest absolute Gasteiger partial charge is 0.358 e. The molecule has 2 saturated carbocycles. The van der Waals surface area contributed by atoms with Crippen LogP contribution in [0, 0.1) is 26.7 Å². The van der Waals surface area contributed by atoms with E-state index >= 15 is 0 Å². The van der Waals surface area contributed by atoms with E-state index in [1.165, 1.54) is 67.3 Å². The molecule has 0 bridgehead atoms. The van der Waals surface area contributed by atoms with Crippen LogP contribution in [0.25, 0.3) is 0 Å². The van der Waals surface area contributed by atoms with Gasteiger partial charge in [-0.2, -0.15) is 0 Å². The summed E-state index contributed by atoms with van der Waals surface area (Å²) in [5.74, 6) is 2.28. The standard InChI is InChI=1S/C26H29P.C5H10.2CH3.Fe/c1-20-12-11-18-24(20)21(2)25-17-9-10-19-26(25)27(22-13-5-3-6-14-22)23-15-7-4-8-16-23;1-2-4-5-3-1;;;/h3-10,13-17,19-21,24H,11-12,18H2,1-2H3;1-5H2;2*1H3;/q;;2*-1;+2/t20?,21-,24?;;;;/m0..../s1. The third-order valence-corrected chi connectivity index (χ3v) is 10.0. The molecule has 2 heteroatoms. The van der Waals surface area contributed by atoms with Gasteiger partial charge in [-0.05, 0) is 53.6 Å². The zero-order chi connectivity index (χ0) is 22.2. The normalized spacial score (nSPS) is 19.4. The summed E-state index contributed by atoms with van der Waals surface area (Å²) < 4.78 is 0. The van der Waals surface area contributed by atoms with Crippen molar-refractivity contribution in [1.29, 1.82) is 0 Å². The summed E-state index contributed by atoms with van der Waals surface area (Å²) in [6, 6.07) is 31.4. The van der Waals surface area contributed by atoms with Gasteiger partial charge in [0.15, 0.2) is 0 Å². The molecule has 0 heterocycles. The maximum Gasteiger partial charge on any atom is 2.00 e. The largest absolute Gasteiger partial charge is 2.00 e. The van der Waals surface area contributed by atoms with Gasteiger partial charge in [0.2, 0.25) is 0 Å². The molecule has 0 spiro atoms. The van der Waals surface area contributed by atoms with Crippen LogP contribution >= 0.6 is 7.92 Å². The second-order valence-electron chi connectivity index (χ2n) is 9.69. The van der Waals surface area contributed by atoms with Crippen LogP contribution in [0.4, 0.5) is 0 Å². The van der Waals surface area contributed by atoms with Gasteiger partial charge < -0.3 is 14.9 Å². The van der Waals surface area contributed by atoms with Crippen LogP contribution in [0.2, 0.25) is 0 Å². The SMILES string of the molecule is C1CCCC1.CC1CCCC1[C@H](C)c1ccccc1P(c1ccccc1)c1ccccc1.[CH3-].[CH3-].[Fe+2]. The molecule has 0 saturated heterocycles. The van der Waals surface area contributed by atoms with Gasteiger partial charge in [0.25, 0.3) is 0 Å². The van der Waals surface area contributed by atoms with E-state index in [9.17, 15) is 0 Å². The molecule has 0 N–H and O–H groups in total. The zero-order valence-electron chi connectivity index (χ0n) is 22.3. The maximum atomic E-state index is 2.47. The summed E-state index contributed by atoms with van der Waals surface area (Å²) in [6.45, 7) is 4.92. The van der Waals surface area contributed by atoms with E-state index in [1.54, 1.807) is 5.56 Å². The fraction of sp³-hybridized carbons (Fsp3) is 0.394. The van der Waals surface area contributed by atoms with Crippen molar-refractivity contribution < 1.29 is 17.1 Å². The summed E-state index contributed by atoms with van der Waals surface area (Å²) in [5, 5.41) is 4.42. The van der Waals surface area contributed by atoms with Crippen molar-refractivity contribution in [3.8, 4) is 0 Å². The molecular weight excluding hydrogens is 483 g/mol. The van der Waals surface area contributed by atoms with Gasteiger partial charge >= 0.3 is 17.1 Å². The van der Waals surface area contributed by atoms with Crippen LogP contribution < -0.4 is 15.9 Å². The van der Waals surface area contributed by atoms with E-state index in [0.29, 0.717) is 5.92 Å². The van der Waals surface area contributed by atoms with Crippen LogP contribution in [0.15, 0.2) is 84.9 Å². The fourth-order valence-electron chi connectivity index (χ4n) is 5.69. The third-order valence-electron chi connectivity index (χ3n) is 7.52. The molecule has 0 amide bonds. The Morgan fingerprint density at radius 1 is 0.629 bits per heavy atom. The first-order valence-corrected chi connectivity index (χ1v) is 14.1. The van der Waals surface area contributed by atoms with Crippen LogP contribution in [-0.2, 0) is 17.1 Å². The average molecular weight is 529 g/mol. The molecule has 0 aliphatic heterocycles. The molecule has 2 aliphatic carbocycles. The van der Waals surface area contributed by atoms with Gasteiger partial charge in [0.1, 0.15) is 0 Å². The Kier molecular flexibility index (Phi) is 14.8. The minimum atomic E-state index is -0.528. The molecule has 0 nitrogen and oxygen atoms in total. The molecule has 2 aliphatic rings. The van der Waals surface area contributed by atoms with Gasteiger partial charge in [0.05, 0.1) is 0 Å². The predicted molar refractivity (Wildman–Crippen MR) is 156 cm³/mol. The van der Waals surface area contributed by atoms with Crippen molar-refractivity contribution in [2.24, 2.45) is 11.8 Å². The maximum absolute atomic E-state index is 2.47. The number of rotatable bonds is 5. The third kappa shape index (κ3) is 8.32. The molecule has 0 aromatic heterocycles. The monoisotopic (exact) mass is 528 g/mol. The number of benzene rings is 3. The summed E-state index contributed by atoms with van der Waals surface area (Å²) in [5.41, 5.74) is 1.56. The summed E-state index contributed by atoms with van der Waals surface area (Å²) in [6.07, 6.45) is 11.7. The molecule has 3 aromatic rings. The Bertz CT molecular complexity index is 888. The minimum Gasteiger partial charge on any atom is -0.358 e. The van der Waals surface area contributed by atoms with Crippen molar-refractivity contribution in [1.82, 2.24) is 0 Å². The Balaban J connectivity index is 0.000000685. The molecule has 2 unspecified atom stereocenters. The summed E-state index contributed by atoms with van der Waals surface area (Å²) in [4.78, 5) is 0. The van der Waals surface area contributed by atoms with Gasteiger partial charge in [-0.1, -0.05) is 144 Å². The quantitative estimate of drug-likeness (QED) is 0.176. The second-order valence-corrected chi connectivity index (χ2v) is 11.9. The van der Waals surface area contributed by atoms with Crippen LogP contribution in [0.1, 0.15) is 76.7 Å². The van der Waals surface area contributed by atoms with Crippen molar-refractivity contribution in [3.05, 3.63) is 105 Å². The van der Waals surface area contributed by atoms with E-state index in [0.717, 1.165) is 11.8 Å². The number of hydrogen-bond donors (Lipinski definition) is 0. The second kappa shape index (κ2) is 16.4. The molecule has 35 heavy (non-hydrogen) atoms. The molecule has 3 aromatic carbocycles. The van der Waals surface area contributed by atoms with Crippen molar-refractivity contribution in [2.45, 2.75) is 71.1 Å². The minimum absolute atomic E-state index is 0. The van der Waals surface area contributed by atoms with E-state index < -0.39 is 7.92 Å².